The first-order chi connectivity index (χ1) is 10.5. The van der Waals surface area contributed by atoms with Crippen molar-refractivity contribution in [1.82, 2.24) is 5.32 Å². The molecular formula is C17H19N3O2. The zero-order valence-corrected chi connectivity index (χ0v) is 12.4. The second-order valence-corrected chi connectivity index (χ2v) is 5.06. The van der Waals surface area contributed by atoms with E-state index in [-0.39, 0.29) is 5.91 Å². The van der Waals surface area contributed by atoms with Gasteiger partial charge in [-0.05, 0) is 37.1 Å². The van der Waals surface area contributed by atoms with E-state index in [1.165, 1.54) is 11.1 Å². The maximum atomic E-state index is 12.1. The van der Waals surface area contributed by atoms with Gasteiger partial charge in [0.25, 0.3) is 5.91 Å². The van der Waals surface area contributed by atoms with Crippen LogP contribution in [0.1, 0.15) is 21.5 Å². The minimum absolute atomic E-state index is 0.180. The van der Waals surface area contributed by atoms with Gasteiger partial charge in [0, 0.05) is 17.8 Å². The van der Waals surface area contributed by atoms with Crippen LogP contribution in [0.25, 0.3) is 0 Å². The Hall–Kier alpha value is -2.82. The third-order valence-corrected chi connectivity index (χ3v) is 3.21. The van der Waals surface area contributed by atoms with Crippen LogP contribution in [0.15, 0.2) is 48.5 Å². The van der Waals surface area contributed by atoms with Crippen molar-refractivity contribution in [3.63, 3.8) is 0 Å². The molecule has 2 aromatic rings. The Morgan fingerprint density at radius 2 is 1.82 bits per heavy atom. The molecule has 0 unspecified atom stereocenters. The highest BCUT2D eigenvalue weighted by Gasteiger charge is 2.06. The van der Waals surface area contributed by atoms with E-state index in [2.05, 4.69) is 34.9 Å². The van der Waals surface area contributed by atoms with Crippen molar-refractivity contribution in [2.45, 2.75) is 13.3 Å². The smallest absolute Gasteiger partial charge is 0.316 e. The summed E-state index contributed by atoms with van der Waals surface area (Å²) in [4.78, 5) is 22.9. The highest BCUT2D eigenvalue weighted by molar-refractivity contribution is 5.96. The van der Waals surface area contributed by atoms with Crippen LogP contribution in [-0.4, -0.2) is 18.5 Å². The van der Waals surface area contributed by atoms with E-state index in [9.17, 15) is 9.59 Å². The van der Waals surface area contributed by atoms with Crippen molar-refractivity contribution >= 4 is 17.6 Å². The highest BCUT2D eigenvalue weighted by atomic mass is 16.2. The molecule has 0 saturated heterocycles. The molecule has 0 saturated carbocycles. The summed E-state index contributed by atoms with van der Waals surface area (Å²) in [7, 11) is 0. The summed E-state index contributed by atoms with van der Waals surface area (Å²) in [5.74, 6) is -0.180. The summed E-state index contributed by atoms with van der Waals surface area (Å²) >= 11 is 0. The second kappa shape index (κ2) is 7.26. The molecule has 5 nitrogen and oxygen atoms in total. The number of primary amides is 1. The van der Waals surface area contributed by atoms with Crippen LogP contribution in [0.3, 0.4) is 0 Å². The lowest BCUT2D eigenvalue weighted by Crippen LogP contribution is -2.26. The monoisotopic (exact) mass is 297 g/mol. The summed E-state index contributed by atoms with van der Waals surface area (Å²) in [6, 6.07) is 14.2. The van der Waals surface area contributed by atoms with E-state index in [0.717, 1.165) is 6.42 Å². The van der Waals surface area contributed by atoms with Gasteiger partial charge in [-0.3, -0.25) is 4.79 Å². The summed E-state index contributed by atoms with van der Waals surface area (Å²) < 4.78 is 0. The molecule has 0 aliphatic heterocycles. The Bertz CT molecular complexity index is 666. The lowest BCUT2D eigenvalue weighted by molar-refractivity contribution is 0.0954. The number of rotatable bonds is 5. The normalized spacial score (nSPS) is 10.0. The summed E-state index contributed by atoms with van der Waals surface area (Å²) in [5, 5.41) is 5.31. The lowest BCUT2D eigenvalue weighted by Gasteiger charge is -2.07. The first-order valence-corrected chi connectivity index (χ1v) is 7.05. The number of carbonyl (C=O) groups excluding carboxylic acids is 2. The van der Waals surface area contributed by atoms with Crippen molar-refractivity contribution in [3.8, 4) is 0 Å². The zero-order valence-electron chi connectivity index (χ0n) is 12.4. The standard InChI is InChI=1S/C17H19N3O2/c1-12-5-7-13(8-6-12)9-10-19-16(21)14-3-2-4-15(11-14)20-17(18)22/h2-8,11H,9-10H2,1H3,(H,19,21)(H3,18,20,22). The van der Waals surface area contributed by atoms with Crippen LogP contribution >= 0.6 is 0 Å². The van der Waals surface area contributed by atoms with Crippen LogP contribution in [0.4, 0.5) is 10.5 Å². The molecule has 2 aromatic carbocycles. The maximum Gasteiger partial charge on any atom is 0.316 e. The van der Waals surface area contributed by atoms with Crippen molar-refractivity contribution < 1.29 is 9.59 Å². The molecule has 0 atom stereocenters. The number of urea groups is 1. The number of amides is 3. The van der Waals surface area contributed by atoms with Crippen molar-refractivity contribution in [2.24, 2.45) is 5.73 Å². The van der Waals surface area contributed by atoms with Crippen molar-refractivity contribution in [1.29, 1.82) is 0 Å². The van der Waals surface area contributed by atoms with E-state index in [1.807, 2.05) is 6.92 Å². The fourth-order valence-corrected chi connectivity index (χ4v) is 2.06. The minimum atomic E-state index is -0.656. The number of nitrogens with two attached hydrogens (primary N) is 1. The Morgan fingerprint density at radius 1 is 1.09 bits per heavy atom. The Kier molecular flexibility index (Phi) is 5.14. The molecule has 0 heterocycles. The molecule has 0 aromatic heterocycles. The summed E-state index contributed by atoms with van der Waals surface area (Å²) in [6.07, 6.45) is 0.769. The largest absolute Gasteiger partial charge is 0.352 e. The molecule has 4 N–H and O–H groups in total. The predicted octanol–water partition coefficient (Wildman–Crippen LogP) is 2.46. The van der Waals surface area contributed by atoms with Gasteiger partial charge in [-0.15, -0.1) is 0 Å². The molecule has 0 radical (unpaired) electrons. The molecule has 114 valence electrons. The Balaban J connectivity index is 1.89. The van der Waals surface area contributed by atoms with Gasteiger partial charge in [0.15, 0.2) is 0 Å². The van der Waals surface area contributed by atoms with Gasteiger partial charge in [0.2, 0.25) is 0 Å². The number of hydrogen-bond acceptors (Lipinski definition) is 2. The van der Waals surface area contributed by atoms with E-state index >= 15 is 0 Å². The van der Waals surface area contributed by atoms with Gasteiger partial charge < -0.3 is 16.4 Å². The highest BCUT2D eigenvalue weighted by Crippen LogP contribution is 2.10. The van der Waals surface area contributed by atoms with Gasteiger partial charge in [0.1, 0.15) is 0 Å². The molecule has 0 spiro atoms. The van der Waals surface area contributed by atoms with E-state index in [4.69, 9.17) is 5.73 Å². The molecule has 2 rings (SSSR count). The number of benzene rings is 2. The zero-order chi connectivity index (χ0) is 15.9. The second-order valence-electron chi connectivity index (χ2n) is 5.06. The maximum absolute atomic E-state index is 12.1. The van der Waals surface area contributed by atoms with E-state index < -0.39 is 6.03 Å². The predicted molar refractivity (Wildman–Crippen MR) is 86.9 cm³/mol. The molecule has 5 heteroatoms. The minimum Gasteiger partial charge on any atom is -0.352 e. The van der Waals surface area contributed by atoms with Crippen LogP contribution in [-0.2, 0) is 6.42 Å². The molecule has 0 fully saturated rings. The van der Waals surface area contributed by atoms with Crippen LogP contribution in [0.5, 0.6) is 0 Å². The fourth-order valence-electron chi connectivity index (χ4n) is 2.06. The lowest BCUT2D eigenvalue weighted by atomic mass is 10.1. The molecule has 3 amide bonds. The third kappa shape index (κ3) is 4.63. The number of hydrogen-bond donors (Lipinski definition) is 3. The first kappa shape index (κ1) is 15.6. The van der Waals surface area contributed by atoms with Crippen LogP contribution in [0.2, 0.25) is 0 Å². The molecule has 0 bridgehead atoms. The average molecular weight is 297 g/mol. The SMILES string of the molecule is Cc1ccc(CCNC(=O)c2cccc(NC(N)=O)c2)cc1. The molecule has 22 heavy (non-hydrogen) atoms. The molecular weight excluding hydrogens is 278 g/mol. The summed E-state index contributed by atoms with van der Waals surface area (Å²) in [5.41, 5.74) is 8.43. The number of anilines is 1. The van der Waals surface area contributed by atoms with E-state index in [0.29, 0.717) is 17.8 Å². The van der Waals surface area contributed by atoms with Gasteiger partial charge in [0.05, 0.1) is 0 Å². The number of carbonyl (C=O) groups is 2. The van der Waals surface area contributed by atoms with Crippen molar-refractivity contribution in [2.75, 3.05) is 11.9 Å². The third-order valence-electron chi connectivity index (χ3n) is 3.21. The molecule has 0 aliphatic rings. The summed E-state index contributed by atoms with van der Waals surface area (Å²) in [6.45, 7) is 2.59. The Morgan fingerprint density at radius 3 is 2.50 bits per heavy atom. The number of aryl methyl sites for hydroxylation is 1. The molecule has 0 aliphatic carbocycles. The number of nitrogens with one attached hydrogen (secondary N) is 2. The van der Waals surface area contributed by atoms with E-state index in [1.54, 1.807) is 24.3 Å². The van der Waals surface area contributed by atoms with Crippen LogP contribution < -0.4 is 16.4 Å². The first-order valence-electron chi connectivity index (χ1n) is 7.05. The van der Waals surface area contributed by atoms with Gasteiger partial charge in [-0.1, -0.05) is 35.9 Å². The van der Waals surface area contributed by atoms with Gasteiger partial charge >= 0.3 is 6.03 Å². The average Bonchev–Trinajstić information content (AvgIpc) is 2.49. The quantitative estimate of drug-likeness (QED) is 0.792. The van der Waals surface area contributed by atoms with Gasteiger partial charge in [-0.25, -0.2) is 4.79 Å². The Labute approximate surface area is 129 Å². The fraction of sp³-hybridized carbons (Fsp3) is 0.176. The van der Waals surface area contributed by atoms with Crippen LogP contribution in [0, 0.1) is 6.92 Å². The van der Waals surface area contributed by atoms with Crippen molar-refractivity contribution in [3.05, 3.63) is 65.2 Å². The van der Waals surface area contributed by atoms with Gasteiger partial charge in [-0.2, -0.15) is 0 Å². The topological polar surface area (TPSA) is 84.2 Å².